The molecule has 3 rings (SSSR count). The molecule has 3 saturated heterocycles. The molecule has 15 heavy (non-hydrogen) atoms. The summed E-state index contributed by atoms with van der Waals surface area (Å²) in [6.45, 7) is 6.34. The molecule has 0 saturated carbocycles. The predicted octanol–water partition coefficient (Wildman–Crippen LogP) is 1.60. The molecule has 1 amide bonds. The molecule has 86 valence electrons. The zero-order chi connectivity index (χ0) is 11.0. The third-order valence-electron chi connectivity index (χ3n) is 3.29. The van der Waals surface area contributed by atoms with Crippen molar-refractivity contribution in [3.63, 3.8) is 0 Å². The molecule has 3 heterocycles. The highest BCUT2D eigenvalue weighted by Gasteiger charge is 2.46. The highest BCUT2D eigenvalue weighted by atomic mass is 32.2. The van der Waals surface area contributed by atoms with Crippen molar-refractivity contribution >= 4 is 17.9 Å². The van der Waals surface area contributed by atoms with Crippen LogP contribution >= 0.6 is 11.9 Å². The number of piperidine rings is 1. The largest absolute Gasteiger partial charge is 0.334 e. The molecule has 2 atom stereocenters. The second-order valence-corrected chi connectivity index (χ2v) is 5.85. The number of fused-ring (bicyclic) bond motifs is 2. The first-order valence-electron chi connectivity index (χ1n) is 5.72. The van der Waals surface area contributed by atoms with Gasteiger partial charge >= 0.3 is 0 Å². The summed E-state index contributed by atoms with van der Waals surface area (Å²) < 4.78 is 2.37. The minimum atomic E-state index is 0.368. The second kappa shape index (κ2) is 4.34. The van der Waals surface area contributed by atoms with Crippen LogP contribution in [0.1, 0.15) is 26.7 Å². The molecule has 0 spiro atoms. The van der Waals surface area contributed by atoms with Crippen molar-refractivity contribution in [3.8, 4) is 0 Å². The van der Waals surface area contributed by atoms with Gasteiger partial charge in [0.15, 0.2) is 0 Å². The first-order valence-corrected chi connectivity index (χ1v) is 6.90. The number of nitrogens with zero attached hydrogens (tertiary/aromatic N) is 2. The maximum atomic E-state index is 11.9. The van der Waals surface area contributed by atoms with Gasteiger partial charge in [-0.2, -0.15) is 0 Å². The molecule has 0 aromatic carbocycles. The fraction of sp³-hybridized carbons (Fsp3) is 0.909. The number of carbonyl (C=O) groups excluding carboxylic acids is 1. The molecule has 0 aromatic rings. The van der Waals surface area contributed by atoms with Crippen LogP contribution in [0.3, 0.4) is 0 Å². The van der Waals surface area contributed by atoms with E-state index in [9.17, 15) is 4.79 Å². The lowest BCUT2D eigenvalue weighted by Gasteiger charge is -2.56. The third kappa shape index (κ3) is 2.16. The van der Waals surface area contributed by atoms with Crippen LogP contribution in [-0.2, 0) is 4.79 Å². The molecule has 2 unspecified atom stereocenters. The van der Waals surface area contributed by atoms with E-state index in [0.29, 0.717) is 30.3 Å². The van der Waals surface area contributed by atoms with Crippen molar-refractivity contribution in [2.24, 2.45) is 5.92 Å². The number of hydrogen-bond donors (Lipinski definition) is 0. The lowest BCUT2D eigenvalue weighted by Crippen LogP contribution is -2.69. The van der Waals surface area contributed by atoms with E-state index in [2.05, 4.69) is 29.3 Å². The fourth-order valence-electron chi connectivity index (χ4n) is 2.58. The molecule has 0 radical (unpaired) electrons. The predicted molar refractivity (Wildman–Crippen MR) is 63.6 cm³/mol. The van der Waals surface area contributed by atoms with Crippen LogP contribution in [0.5, 0.6) is 0 Å². The van der Waals surface area contributed by atoms with Crippen LogP contribution in [0.15, 0.2) is 0 Å². The highest BCUT2D eigenvalue weighted by molar-refractivity contribution is 7.96. The van der Waals surface area contributed by atoms with E-state index in [1.165, 1.54) is 6.42 Å². The minimum Gasteiger partial charge on any atom is -0.334 e. The highest BCUT2D eigenvalue weighted by Crippen LogP contribution is 2.35. The van der Waals surface area contributed by atoms with E-state index in [-0.39, 0.29) is 0 Å². The SMILES string of the molecule is CSN1CC2CC(C1)N2C(=O)CC(C)C. The summed E-state index contributed by atoms with van der Waals surface area (Å²) >= 11 is 1.80. The Balaban J connectivity index is 1.89. The van der Waals surface area contributed by atoms with Gasteiger partial charge < -0.3 is 4.90 Å². The second-order valence-electron chi connectivity index (χ2n) is 4.97. The normalized spacial score (nSPS) is 30.5. The van der Waals surface area contributed by atoms with Crippen molar-refractivity contribution in [2.45, 2.75) is 38.8 Å². The number of piperazine rings is 1. The summed E-state index contributed by atoms with van der Waals surface area (Å²) in [6, 6.07) is 1.00. The smallest absolute Gasteiger partial charge is 0.223 e. The summed E-state index contributed by atoms with van der Waals surface area (Å²) in [5.41, 5.74) is 0. The molecule has 0 aliphatic carbocycles. The van der Waals surface area contributed by atoms with Gasteiger partial charge in [-0.1, -0.05) is 25.8 Å². The van der Waals surface area contributed by atoms with Gasteiger partial charge in [-0.15, -0.1) is 0 Å². The van der Waals surface area contributed by atoms with Crippen LogP contribution in [0.25, 0.3) is 0 Å². The minimum absolute atomic E-state index is 0.368. The first kappa shape index (κ1) is 11.3. The van der Waals surface area contributed by atoms with Crippen LogP contribution in [-0.4, -0.2) is 46.5 Å². The van der Waals surface area contributed by atoms with Gasteiger partial charge in [-0.05, 0) is 18.6 Å². The van der Waals surface area contributed by atoms with Crippen LogP contribution < -0.4 is 0 Å². The standard InChI is InChI=1S/C11H20N2OS/c1-8(2)4-11(14)13-9-5-10(13)7-12(6-9)15-3/h8-10H,4-7H2,1-3H3. The van der Waals surface area contributed by atoms with Crippen LogP contribution in [0.4, 0.5) is 0 Å². The molecule has 0 N–H and O–H groups in total. The molecule has 3 aliphatic heterocycles. The third-order valence-corrected chi connectivity index (χ3v) is 4.10. The van der Waals surface area contributed by atoms with Gasteiger partial charge in [0.1, 0.15) is 0 Å². The summed E-state index contributed by atoms with van der Waals surface area (Å²) in [6.07, 6.45) is 4.05. The summed E-state index contributed by atoms with van der Waals surface area (Å²) in [4.78, 5) is 14.1. The Kier molecular flexibility index (Phi) is 3.26. The Morgan fingerprint density at radius 1 is 1.40 bits per heavy atom. The molecule has 4 heteroatoms. The van der Waals surface area contributed by atoms with Gasteiger partial charge in [-0.25, -0.2) is 4.31 Å². The van der Waals surface area contributed by atoms with E-state index in [4.69, 9.17) is 0 Å². The molecular formula is C11H20N2OS. The van der Waals surface area contributed by atoms with Crippen molar-refractivity contribution < 1.29 is 4.79 Å². The van der Waals surface area contributed by atoms with Crippen molar-refractivity contribution in [2.75, 3.05) is 19.3 Å². The van der Waals surface area contributed by atoms with Gasteiger partial charge in [-0.3, -0.25) is 4.79 Å². The number of carbonyl (C=O) groups is 1. The lowest BCUT2D eigenvalue weighted by molar-refractivity contribution is -0.151. The van der Waals surface area contributed by atoms with E-state index >= 15 is 0 Å². The molecule has 3 nitrogen and oxygen atoms in total. The van der Waals surface area contributed by atoms with Gasteiger partial charge in [0, 0.05) is 31.6 Å². The number of rotatable bonds is 3. The Hall–Kier alpha value is -0.220. The van der Waals surface area contributed by atoms with Crippen molar-refractivity contribution in [1.29, 1.82) is 0 Å². The molecule has 0 aromatic heterocycles. The van der Waals surface area contributed by atoms with Crippen LogP contribution in [0, 0.1) is 5.92 Å². The van der Waals surface area contributed by atoms with Crippen LogP contribution in [0.2, 0.25) is 0 Å². The van der Waals surface area contributed by atoms with E-state index in [1.807, 2.05) is 0 Å². The Morgan fingerprint density at radius 3 is 2.47 bits per heavy atom. The summed E-state index contributed by atoms with van der Waals surface area (Å²) in [7, 11) is 0. The summed E-state index contributed by atoms with van der Waals surface area (Å²) in [5.74, 6) is 0.850. The quantitative estimate of drug-likeness (QED) is 0.685. The van der Waals surface area contributed by atoms with E-state index in [0.717, 1.165) is 13.1 Å². The summed E-state index contributed by atoms with van der Waals surface area (Å²) in [5, 5.41) is 0. The zero-order valence-corrected chi connectivity index (χ0v) is 10.6. The Bertz CT molecular complexity index is 245. The average molecular weight is 228 g/mol. The number of amides is 1. The van der Waals surface area contributed by atoms with E-state index in [1.54, 1.807) is 11.9 Å². The maximum absolute atomic E-state index is 11.9. The van der Waals surface area contributed by atoms with Crippen molar-refractivity contribution in [1.82, 2.24) is 9.21 Å². The topological polar surface area (TPSA) is 23.6 Å². The van der Waals surface area contributed by atoms with Crippen molar-refractivity contribution in [3.05, 3.63) is 0 Å². The molecular weight excluding hydrogens is 208 g/mol. The monoisotopic (exact) mass is 228 g/mol. The fourth-order valence-corrected chi connectivity index (χ4v) is 3.22. The van der Waals surface area contributed by atoms with Gasteiger partial charge in [0.05, 0.1) is 0 Å². The molecule has 3 aliphatic rings. The molecule has 2 bridgehead atoms. The Labute approximate surface area is 96.3 Å². The van der Waals surface area contributed by atoms with E-state index < -0.39 is 0 Å². The van der Waals surface area contributed by atoms with Gasteiger partial charge in [0.2, 0.25) is 5.91 Å². The maximum Gasteiger partial charge on any atom is 0.223 e. The van der Waals surface area contributed by atoms with Gasteiger partial charge in [0.25, 0.3) is 0 Å². The lowest BCUT2D eigenvalue weighted by atomic mass is 9.87. The number of hydrogen-bond acceptors (Lipinski definition) is 3. The Morgan fingerprint density at radius 2 is 2.00 bits per heavy atom. The zero-order valence-electron chi connectivity index (χ0n) is 9.77. The first-order chi connectivity index (χ1) is 7.11. The molecule has 3 fully saturated rings. The average Bonchev–Trinajstić information content (AvgIpc) is 2.16.